The highest BCUT2D eigenvalue weighted by molar-refractivity contribution is 5.85. The highest BCUT2D eigenvalue weighted by atomic mass is 35.5. The number of likely N-dealkylation sites (tertiary alicyclic amines) is 1. The number of halogens is 1. The molecule has 114 valence electrons. The number of hydrogen-bond acceptors (Lipinski definition) is 2. The number of nitrogens with zero attached hydrogens (tertiary/aromatic N) is 1. The van der Waals surface area contributed by atoms with E-state index >= 15 is 0 Å². The lowest BCUT2D eigenvalue weighted by molar-refractivity contribution is 0.0993. The molecule has 1 heterocycles. The Morgan fingerprint density at radius 3 is 2.55 bits per heavy atom. The zero-order chi connectivity index (χ0) is 13.7. The second-order valence-electron chi connectivity index (χ2n) is 5.72. The van der Waals surface area contributed by atoms with E-state index in [1.54, 1.807) is 0 Å². The molecule has 1 saturated heterocycles. The van der Waals surface area contributed by atoms with Crippen LogP contribution < -0.4 is 4.74 Å². The summed E-state index contributed by atoms with van der Waals surface area (Å²) in [6, 6.07) is 6.97. The van der Waals surface area contributed by atoms with Crippen LogP contribution in [-0.4, -0.2) is 30.6 Å². The van der Waals surface area contributed by atoms with Crippen molar-refractivity contribution >= 4 is 12.4 Å². The minimum absolute atomic E-state index is 0. The summed E-state index contributed by atoms with van der Waals surface area (Å²) in [5.41, 5.74) is 2.50. The minimum Gasteiger partial charge on any atom is -0.491 e. The van der Waals surface area contributed by atoms with Gasteiger partial charge in [-0.15, -0.1) is 12.4 Å². The third kappa shape index (κ3) is 4.39. The number of ether oxygens (including phenoxy) is 1. The molecule has 20 heavy (non-hydrogen) atoms. The second-order valence-corrected chi connectivity index (χ2v) is 5.72. The van der Waals surface area contributed by atoms with Crippen LogP contribution in [0.2, 0.25) is 0 Å². The van der Waals surface area contributed by atoms with Gasteiger partial charge in [0.05, 0.1) is 0 Å². The molecular weight excluding hydrogens is 270 g/mol. The average Bonchev–Trinajstić information content (AvgIpc) is 2.40. The van der Waals surface area contributed by atoms with Crippen LogP contribution in [0.1, 0.15) is 43.7 Å². The Kier molecular flexibility index (Phi) is 7.39. The molecule has 0 spiro atoms. The van der Waals surface area contributed by atoms with Crippen LogP contribution in [0.3, 0.4) is 0 Å². The Hall–Kier alpha value is -0.730. The Morgan fingerprint density at radius 2 is 1.90 bits per heavy atom. The average molecular weight is 298 g/mol. The van der Waals surface area contributed by atoms with Gasteiger partial charge in [-0.1, -0.05) is 31.5 Å². The van der Waals surface area contributed by atoms with Gasteiger partial charge in [0.15, 0.2) is 0 Å². The molecule has 2 rings (SSSR count). The molecule has 0 saturated carbocycles. The summed E-state index contributed by atoms with van der Waals surface area (Å²) in [6.45, 7) is 9.82. The minimum atomic E-state index is 0. The molecule has 0 N–H and O–H groups in total. The monoisotopic (exact) mass is 297 g/mol. The van der Waals surface area contributed by atoms with E-state index in [1.807, 2.05) is 0 Å². The summed E-state index contributed by atoms with van der Waals surface area (Å²) in [7, 11) is 0. The number of benzene rings is 1. The molecule has 1 atom stereocenters. The topological polar surface area (TPSA) is 12.5 Å². The maximum absolute atomic E-state index is 6.14. The lowest BCUT2D eigenvalue weighted by Gasteiger charge is -2.35. The molecule has 1 fully saturated rings. The van der Waals surface area contributed by atoms with Crippen molar-refractivity contribution in [2.24, 2.45) is 0 Å². The van der Waals surface area contributed by atoms with Gasteiger partial charge < -0.3 is 4.74 Å². The Morgan fingerprint density at radius 1 is 1.20 bits per heavy atom. The van der Waals surface area contributed by atoms with Crippen LogP contribution in [0.15, 0.2) is 18.2 Å². The maximum Gasteiger partial charge on any atom is 0.125 e. The smallest absolute Gasteiger partial charge is 0.125 e. The summed E-state index contributed by atoms with van der Waals surface area (Å²) < 4.78 is 6.14. The van der Waals surface area contributed by atoms with E-state index in [9.17, 15) is 0 Å². The molecule has 0 amide bonds. The molecule has 0 aromatic heterocycles. The molecule has 1 aliphatic rings. The van der Waals surface area contributed by atoms with Gasteiger partial charge in [0.25, 0.3) is 0 Å². The van der Waals surface area contributed by atoms with E-state index in [1.165, 1.54) is 49.9 Å². The fraction of sp³-hybridized carbons (Fsp3) is 0.647. The van der Waals surface area contributed by atoms with Crippen molar-refractivity contribution in [3.05, 3.63) is 29.3 Å². The first kappa shape index (κ1) is 17.3. The highest BCUT2D eigenvalue weighted by Crippen LogP contribution is 2.24. The van der Waals surface area contributed by atoms with Crippen molar-refractivity contribution in [3.63, 3.8) is 0 Å². The van der Waals surface area contributed by atoms with Crippen LogP contribution in [0.25, 0.3) is 0 Å². The fourth-order valence-electron chi connectivity index (χ4n) is 3.04. The van der Waals surface area contributed by atoms with Gasteiger partial charge in [-0.25, -0.2) is 0 Å². The van der Waals surface area contributed by atoms with Gasteiger partial charge >= 0.3 is 0 Å². The van der Waals surface area contributed by atoms with Crippen LogP contribution in [0.5, 0.6) is 5.75 Å². The normalized spacial score (nSPS) is 19.4. The molecule has 0 bridgehead atoms. The number of hydrogen-bond donors (Lipinski definition) is 0. The number of para-hydroxylation sites is 1. The molecule has 1 aromatic rings. The standard InChI is InChI=1S/C17H27NO.ClH/c1-4-11-18-12-6-5-10-16(18)13-19-17-14(2)8-7-9-15(17)3;/h7-9,16H,4-6,10-13H2,1-3H3;1H. The van der Waals surface area contributed by atoms with E-state index in [4.69, 9.17) is 4.74 Å². The summed E-state index contributed by atoms with van der Waals surface area (Å²) in [5.74, 6) is 1.09. The van der Waals surface area contributed by atoms with Crippen LogP contribution in [-0.2, 0) is 0 Å². The number of piperidine rings is 1. The van der Waals surface area contributed by atoms with Crippen LogP contribution >= 0.6 is 12.4 Å². The van der Waals surface area contributed by atoms with E-state index in [0.717, 1.165) is 12.4 Å². The predicted molar refractivity (Wildman–Crippen MR) is 88.2 cm³/mol. The van der Waals surface area contributed by atoms with Gasteiger partial charge in [0.2, 0.25) is 0 Å². The number of aryl methyl sites for hydroxylation is 2. The van der Waals surface area contributed by atoms with Gasteiger partial charge in [-0.2, -0.15) is 0 Å². The van der Waals surface area contributed by atoms with Gasteiger partial charge in [0, 0.05) is 6.04 Å². The lowest BCUT2D eigenvalue weighted by Crippen LogP contribution is -2.43. The van der Waals surface area contributed by atoms with Crippen molar-refractivity contribution < 1.29 is 4.74 Å². The summed E-state index contributed by atoms with van der Waals surface area (Å²) in [6.07, 6.45) is 5.21. The zero-order valence-corrected chi connectivity index (χ0v) is 13.8. The third-order valence-electron chi connectivity index (χ3n) is 4.09. The molecule has 1 unspecified atom stereocenters. The van der Waals surface area contributed by atoms with Gasteiger partial charge in [0.1, 0.15) is 12.4 Å². The fourth-order valence-corrected chi connectivity index (χ4v) is 3.04. The van der Waals surface area contributed by atoms with Crippen molar-refractivity contribution in [2.45, 2.75) is 52.5 Å². The van der Waals surface area contributed by atoms with Crippen molar-refractivity contribution in [3.8, 4) is 5.75 Å². The Balaban J connectivity index is 0.00000200. The van der Waals surface area contributed by atoms with E-state index in [2.05, 4.69) is 43.9 Å². The molecule has 3 heteroatoms. The molecule has 0 radical (unpaired) electrons. The van der Waals surface area contributed by atoms with Crippen molar-refractivity contribution in [2.75, 3.05) is 19.7 Å². The second kappa shape index (κ2) is 8.53. The molecule has 2 nitrogen and oxygen atoms in total. The quantitative estimate of drug-likeness (QED) is 0.800. The summed E-state index contributed by atoms with van der Waals surface area (Å²) in [4.78, 5) is 2.61. The SMILES string of the molecule is CCCN1CCCCC1COc1c(C)cccc1C.Cl. The molecular formula is C17H28ClNO. The zero-order valence-electron chi connectivity index (χ0n) is 13.0. The molecule has 1 aliphatic heterocycles. The highest BCUT2D eigenvalue weighted by Gasteiger charge is 2.22. The van der Waals surface area contributed by atoms with E-state index < -0.39 is 0 Å². The summed E-state index contributed by atoms with van der Waals surface area (Å²) >= 11 is 0. The summed E-state index contributed by atoms with van der Waals surface area (Å²) in [5, 5.41) is 0. The van der Waals surface area contributed by atoms with Crippen molar-refractivity contribution in [1.82, 2.24) is 4.90 Å². The first-order valence-electron chi connectivity index (χ1n) is 7.65. The Bertz CT molecular complexity index is 386. The maximum atomic E-state index is 6.14. The lowest BCUT2D eigenvalue weighted by atomic mass is 10.0. The van der Waals surface area contributed by atoms with Gasteiger partial charge in [-0.05, 0) is 57.3 Å². The first-order chi connectivity index (χ1) is 9.22. The predicted octanol–water partition coefficient (Wildman–Crippen LogP) is 4.37. The molecule has 1 aromatic carbocycles. The Labute approximate surface area is 129 Å². The van der Waals surface area contributed by atoms with Crippen LogP contribution in [0, 0.1) is 13.8 Å². The van der Waals surface area contributed by atoms with Crippen molar-refractivity contribution in [1.29, 1.82) is 0 Å². The molecule has 0 aliphatic carbocycles. The van der Waals surface area contributed by atoms with Crippen LogP contribution in [0.4, 0.5) is 0 Å². The van der Waals surface area contributed by atoms with Gasteiger partial charge in [-0.3, -0.25) is 4.90 Å². The third-order valence-corrected chi connectivity index (χ3v) is 4.09. The first-order valence-corrected chi connectivity index (χ1v) is 7.65. The number of rotatable bonds is 5. The largest absolute Gasteiger partial charge is 0.491 e. The van der Waals surface area contributed by atoms with E-state index in [-0.39, 0.29) is 12.4 Å². The van der Waals surface area contributed by atoms with E-state index in [0.29, 0.717) is 6.04 Å².